The number of hydrogen-bond donors (Lipinski definition) is 1. The molecule has 1 unspecified atom stereocenters. The van der Waals surface area contributed by atoms with Crippen LogP contribution in [0.1, 0.15) is 33.6 Å². The Balaban J connectivity index is 1.97. The minimum Gasteiger partial charge on any atom is -0.495 e. The van der Waals surface area contributed by atoms with Gasteiger partial charge in [0.1, 0.15) is 11.4 Å². The second-order valence-electron chi connectivity index (χ2n) is 7.10. The van der Waals surface area contributed by atoms with Gasteiger partial charge in [0.25, 0.3) is 0 Å². The highest BCUT2D eigenvalue weighted by Gasteiger charge is 2.31. The molecule has 2 rings (SSSR count). The number of carbonyl (C=O) groups excluding carboxylic acids is 2. The predicted molar refractivity (Wildman–Crippen MR) is 97.2 cm³/mol. The van der Waals surface area contributed by atoms with E-state index in [2.05, 4.69) is 5.32 Å². The Labute approximate surface area is 153 Å². The van der Waals surface area contributed by atoms with E-state index in [1.807, 2.05) is 20.8 Å². The van der Waals surface area contributed by atoms with Crippen LogP contribution in [0.3, 0.4) is 0 Å². The lowest BCUT2D eigenvalue weighted by atomic mass is 9.97. The number of rotatable bonds is 3. The average Bonchev–Trinajstić information content (AvgIpc) is 2.53. The fourth-order valence-corrected chi connectivity index (χ4v) is 2.93. The van der Waals surface area contributed by atoms with Crippen LogP contribution in [0.4, 0.5) is 10.5 Å². The Bertz CT molecular complexity index is 642. The van der Waals surface area contributed by atoms with Crippen molar-refractivity contribution in [3.63, 3.8) is 0 Å². The van der Waals surface area contributed by atoms with E-state index in [9.17, 15) is 9.59 Å². The number of benzene rings is 1. The van der Waals surface area contributed by atoms with E-state index < -0.39 is 5.60 Å². The van der Waals surface area contributed by atoms with E-state index >= 15 is 0 Å². The third-order valence-electron chi connectivity index (χ3n) is 3.86. The molecule has 1 N–H and O–H groups in total. The zero-order valence-corrected chi connectivity index (χ0v) is 15.9. The molecule has 0 radical (unpaired) electrons. The Hall–Kier alpha value is -1.95. The summed E-state index contributed by atoms with van der Waals surface area (Å²) in [6, 6.07) is 5.08. The van der Waals surface area contributed by atoms with Gasteiger partial charge in [0.05, 0.1) is 18.1 Å². The van der Waals surface area contributed by atoms with Crippen molar-refractivity contribution in [2.24, 2.45) is 5.92 Å². The van der Waals surface area contributed by atoms with Gasteiger partial charge in [-0.2, -0.15) is 0 Å². The number of anilines is 1. The summed E-state index contributed by atoms with van der Waals surface area (Å²) < 4.78 is 10.5. The summed E-state index contributed by atoms with van der Waals surface area (Å²) in [5.41, 5.74) is 0.0526. The van der Waals surface area contributed by atoms with Crippen molar-refractivity contribution < 1.29 is 19.1 Å². The first-order chi connectivity index (χ1) is 11.7. The van der Waals surface area contributed by atoms with Crippen molar-refractivity contribution >= 4 is 29.3 Å². The maximum Gasteiger partial charge on any atom is 0.410 e. The second-order valence-corrected chi connectivity index (χ2v) is 7.51. The van der Waals surface area contributed by atoms with Gasteiger partial charge in [0, 0.05) is 18.8 Å². The zero-order valence-electron chi connectivity index (χ0n) is 15.1. The summed E-state index contributed by atoms with van der Waals surface area (Å²) in [4.78, 5) is 26.3. The summed E-state index contributed by atoms with van der Waals surface area (Å²) in [5.74, 6) is 0.144. The molecule has 0 aliphatic carbocycles. The number of nitrogens with zero attached hydrogens (tertiary/aromatic N) is 1. The van der Waals surface area contributed by atoms with Crippen LogP contribution < -0.4 is 10.1 Å². The maximum absolute atomic E-state index is 12.5. The predicted octanol–water partition coefficient (Wildman–Crippen LogP) is 3.93. The fraction of sp³-hybridized carbons (Fsp3) is 0.556. The Morgan fingerprint density at radius 1 is 1.32 bits per heavy atom. The van der Waals surface area contributed by atoms with E-state index in [1.54, 1.807) is 23.1 Å². The van der Waals surface area contributed by atoms with Gasteiger partial charge in [-0.15, -0.1) is 0 Å². The number of hydrogen-bond acceptors (Lipinski definition) is 4. The molecule has 6 nitrogen and oxygen atoms in total. The number of carbonyl (C=O) groups is 2. The first-order valence-electron chi connectivity index (χ1n) is 8.32. The van der Waals surface area contributed by atoms with Crippen LogP contribution in [-0.4, -0.2) is 42.7 Å². The van der Waals surface area contributed by atoms with Crippen molar-refractivity contribution in [3.8, 4) is 5.75 Å². The van der Waals surface area contributed by atoms with Crippen molar-refractivity contribution in [2.45, 2.75) is 39.2 Å². The van der Waals surface area contributed by atoms with E-state index in [-0.39, 0.29) is 17.9 Å². The third kappa shape index (κ3) is 5.53. The quantitative estimate of drug-likeness (QED) is 0.877. The lowest BCUT2D eigenvalue weighted by Gasteiger charge is -2.33. The molecule has 1 atom stereocenters. The number of nitrogens with one attached hydrogen (secondary N) is 1. The molecule has 1 aromatic rings. The van der Waals surface area contributed by atoms with E-state index in [1.165, 1.54) is 7.11 Å². The summed E-state index contributed by atoms with van der Waals surface area (Å²) in [5, 5.41) is 3.28. The SMILES string of the molecule is COc1ccc(NC(=O)C2CCCN(C(=O)OC(C)(C)C)C2)cc1Cl. The molecular weight excluding hydrogens is 344 g/mol. The molecule has 0 saturated carbocycles. The Morgan fingerprint density at radius 2 is 2.04 bits per heavy atom. The number of halogens is 1. The fourth-order valence-electron chi connectivity index (χ4n) is 2.67. The lowest BCUT2D eigenvalue weighted by molar-refractivity contribution is -0.121. The molecule has 0 bridgehead atoms. The van der Waals surface area contributed by atoms with Gasteiger partial charge in [0.15, 0.2) is 0 Å². The average molecular weight is 369 g/mol. The lowest BCUT2D eigenvalue weighted by Crippen LogP contribution is -2.45. The molecule has 7 heteroatoms. The van der Waals surface area contributed by atoms with Crippen LogP contribution in [0.5, 0.6) is 5.75 Å². The zero-order chi connectivity index (χ0) is 18.6. The molecule has 138 valence electrons. The molecule has 1 aliphatic rings. The highest BCUT2D eigenvalue weighted by molar-refractivity contribution is 6.32. The largest absolute Gasteiger partial charge is 0.495 e. The first-order valence-corrected chi connectivity index (χ1v) is 8.70. The Kier molecular flexibility index (Phi) is 6.16. The van der Waals surface area contributed by atoms with Crippen LogP contribution in [0.2, 0.25) is 5.02 Å². The van der Waals surface area contributed by atoms with Gasteiger partial charge in [-0.1, -0.05) is 11.6 Å². The second kappa shape index (κ2) is 7.95. The van der Waals surface area contributed by atoms with E-state index in [0.29, 0.717) is 29.5 Å². The van der Waals surface area contributed by atoms with Crippen LogP contribution in [-0.2, 0) is 9.53 Å². The topological polar surface area (TPSA) is 67.9 Å². The summed E-state index contributed by atoms with van der Waals surface area (Å²) in [6.45, 7) is 6.43. The van der Waals surface area contributed by atoms with Crippen molar-refractivity contribution in [1.29, 1.82) is 0 Å². The molecule has 25 heavy (non-hydrogen) atoms. The minimum absolute atomic E-state index is 0.130. The molecule has 2 amide bonds. The molecular formula is C18H25ClN2O4. The first kappa shape index (κ1) is 19.4. The van der Waals surface area contributed by atoms with Gasteiger partial charge < -0.3 is 19.7 Å². The van der Waals surface area contributed by atoms with Gasteiger partial charge >= 0.3 is 6.09 Å². The maximum atomic E-state index is 12.5. The summed E-state index contributed by atoms with van der Waals surface area (Å²) in [7, 11) is 1.53. The molecule has 1 saturated heterocycles. The van der Waals surface area contributed by atoms with Gasteiger partial charge in [0.2, 0.25) is 5.91 Å². The molecule has 1 fully saturated rings. The smallest absolute Gasteiger partial charge is 0.410 e. The molecule has 0 spiro atoms. The van der Waals surface area contributed by atoms with Gasteiger partial charge in [-0.05, 0) is 51.8 Å². The van der Waals surface area contributed by atoms with Crippen molar-refractivity contribution in [3.05, 3.63) is 23.2 Å². The molecule has 0 aromatic heterocycles. The van der Waals surface area contributed by atoms with Crippen LogP contribution >= 0.6 is 11.6 Å². The number of amides is 2. The molecule has 1 heterocycles. The van der Waals surface area contributed by atoms with Crippen LogP contribution in [0.15, 0.2) is 18.2 Å². The number of ether oxygens (including phenoxy) is 2. The summed E-state index contributed by atoms with van der Waals surface area (Å²) in [6.07, 6.45) is 1.12. The normalized spacial score (nSPS) is 17.8. The van der Waals surface area contributed by atoms with Crippen molar-refractivity contribution in [2.75, 3.05) is 25.5 Å². The van der Waals surface area contributed by atoms with E-state index in [4.69, 9.17) is 21.1 Å². The number of piperidine rings is 1. The number of likely N-dealkylation sites (tertiary alicyclic amines) is 1. The van der Waals surface area contributed by atoms with Crippen LogP contribution in [0.25, 0.3) is 0 Å². The Morgan fingerprint density at radius 3 is 2.64 bits per heavy atom. The van der Waals surface area contributed by atoms with E-state index in [0.717, 1.165) is 12.8 Å². The standard InChI is InChI=1S/C18H25ClN2O4/c1-18(2,3)25-17(23)21-9-5-6-12(11-21)16(22)20-13-7-8-15(24-4)14(19)10-13/h7-8,10,12H,5-6,9,11H2,1-4H3,(H,20,22). The van der Waals surface area contributed by atoms with Crippen LogP contribution in [0, 0.1) is 5.92 Å². The van der Waals surface area contributed by atoms with Crippen molar-refractivity contribution in [1.82, 2.24) is 4.90 Å². The molecule has 1 aliphatic heterocycles. The minimum atomic E-state index is -0.549. The summed E-state index contributed by atoms with van der Waals surface area (Å²) >= 11 is 6.08. The third-order valence-corrected chi connectivity index (χ3v) is 4.16. The highest BCUT2D eigenvalue weighted by Crippen LogP contribution is 2.28. The van der Waals surface area contributed by atoms with Gasteiger partial charge in [-0.25, -0.2) is 4.79 Å². The molecule has 1 aromatic carbocycles. The highest BCUT2D eigenvalue weighted by atomic mass is 35.5. The monoisotopic (exact) mass is 368 g/mol. The van der Waals surface area contributed by atoms with Gasteiger partial charge in [-0.3, -0.25) is 4.79 Å². The number of methoxy groups -OCH3 is 1.